The van der Waals surface area contributed by atoms with Gasteiger partial charge in [-0.3, -0.25) is 14.9 Å². The van der Waals surface area contributed by atoms with E-state index in [1.165, 1.54) is 0 Å². The van der Waals surface area contributed by atoms with Crippen molar-refractivity contribution in [1.29, 1.82) is 0 Å². The predicted molar refractivity (Wildman–Crippen MR) is 105 cm³/mol. The van der Waals surface area contributed by atoms with Gasteiger partial charge in [0, 0.05) is 17.2 Å². The molecule has 0 aliphatic carbocycles. The number of anilines is 3. The van der Waals surface area contributed by atoms with Crippen LogP contribution in [0.3, 0.4) is 0 Å². The molecule has 0 aliphatic rings. The van der Waals surface area contributed by atoms with Crippen LogP contribution in [-0.2, 0) is 9.53 Å². The maximum atomic E-state index is 12.5. The van der Waals surface area contributed by atoms with Crippen molar-refractivity contribution in [3.8, 4) is 0 Å². The lowest BCUT2D eigenvalue weighted by Gasteiger charge is -2.13. The Balaban J connectivity index is 2.07. The normalized spacial score (nSPS) is 10.2. The van der Waals surface area contributed by atoms with E-state index in [4.69, 9.17) is 4.74 Å². The summed E-state index contributed by atoms with van der Waals surface area (Å²) < 4.78 is 4.80. The molecule has 0 heterocycles. The first-order valence-electron chi connectivity index (χ1n) is 8.65. The van der Waals surface area contributed by atoms with Gasteiger partial charge in [0.25, 0.3) is 5.91 Å². The zero-order valence-corrected chi connectivity index (χ0v) is 15.5. The molecule has 2 rings (SSSR count). The van der Waals surface area contributed by atoms with E-state index in [9.17, 15) is 14.4 Å². The van der Waals surface area contributed by atoms with Crippen LogP contribution in [0, 0.1) is 5.92 Å². The van der Waals surface area contributed by atoms with E-state index >= 15 is 0 Å². The van der Waals surface area contributed by atoms with Crippen molar-refractivity contribution in [3.05, 3.63) is 54.1 Å². The smallest absolute Gasteiger partial charge is 0.411 e. The lowest BCUT2D eigenvalue weighted by molar-refractivity contribution is -0.118. The van der Waals surface area contributed by atoms with Crippen molar-refractivity contribution in [2.24, 2.45) is 5.92 Å². The summed E-state index contributed by atoms with van der Waals surface area (Å²) in [6.45, 7) is 5.58. The maximum Gasteiger partial charge on any atom is 0.411 e. The van der Waals surface area contributed by atoms with Gasteiger partial charge in [-0.1, -0.05) is 26.0 Å². The zero-order chi connectivity index (χ0) is 19.8. The van der Waals surface area contributed by atoms with Gasteiger partial charge in [0.15, 0.2) is 0 Å². The minimum Gasteiger partial charge on any atom is -0.450 e. The number of rotatable bonds is 6. The highest BCUT2D eigenvalue weighted by Gasteiger charge is 2.13. The molecule has 0 spiro atoms. The van der Waals surface area contributed by atoms with Gasteiger partial charge in [-0.25, -0.2) is 4.79 Å². The molecule has 2 aromatic carbocycles. The van der Waals surface area contributed by atoms with Crippen LogP contribution in [-0.4, -0.2) is 24.5 Å². The lowest BCUT2D eigenvalue weighted by atomic mass is 10.1. The molecule has 0 aromatic heterocycles. The standard InChI is InChI=1S/C20H23N3O4/c1-4-27-20(26)21-15-11-9-14(10-12-15)19(25)23-17-8-6-5-7-16(17)22-18(24)13(2)3/h5-13H,4H2,1-3H3,(H,21,26)(H,22,24)(H,23,25). The van der Waals surface area contributed by atoms with Crippen LogP contribution in [0.25, 0.3) is 0 Å². The highest BCUT2D eigenvalue weighted by atomic mass is 16.5. The van der Waals surface area contributed by atoms with E-state index in [1.807, 2.05) is 0 Å². The fourth-order valence-corrected chi connectivity index (χ4v) is 2.16. The molecule has 3 N–H and O–H groups in total. The van der Waals surface area contributed by atoms with Gasteiger partial charge in [-0.05, 0) is 43.3 Å². The number of nitrogens with one attached hydrogen (secondary N) is 3. The van der Waals surface area contributed by atoms with Crippen LogP contribution < -0.4 is 16.0 Å². The Labute approximate surface area is 158 Å². The minimum absolute atomic E-state index is 0.133. The van der Waals surface area contributed by atoms with E-state index in [2.05, 4.69) is 16.0 Å². The molecule has 0 atom stereocenters. The van der Waals surface area contributed by atoms with Crippen molar-refractivity contribution in [3.63, 3.8) is 0 Å². The van der Waals surface area contributed by atoms with E-state index < -0.39 is 6.09 Å². The highest BCUT2D eigenvalue weighted by molar-refractivity contribution is 6.07. The molecule has 0 bridgehead atoms. The average molecular weight is 369 g/mol. The first kappa shape index (κ1) is 20.0. The third-order valence-corrected chi connectivity index (χ3v) is 3.63. The van der Waals surface area contributed by atoms with Gasteiger partial charge in [0.1, 0.15) is 0 Å². The fraction of sp³-hybridized carbons (Fsp3) is 0.250. The molecule has 0 fully saturated rings. The Morgan fingerprint density at radius 2 is 1.48 bits per heavy atom. The van der Waals surface area contributed by atoms with Crippen molar-refractivity contribution >= 4 is 35.0 Å². The van der Waals surface area contributed by atoms with Crippen molar-refractivity contribution in [2.45, 2.75) is 20.8 Å². The SMILES string of the molecule is CCOC(=O)Nc1ccc(C(=O)Nc2ccccc2NC(=O)C(C)C)cc1. The number of ether oxygens (including phenoxy) is 1. The van der Waals surface area contributed by atoms with E-state index in [0.29, 0.717) is 22.6 Å². The largest absolute Gasteiger partial charge is 0.450 e. The second kappa shape index (κ2) is 9.38. The van der Waals surface area contributed by atoms with Gasteiger partial charge in [0.2, 0.25) is 5.91 Å². The highest BCUT2D eigenvalue weighted by Crippen LogP contribution is 2.22. The summed E-state index contributed by atoms with van der Waals surface area (Å²) in [5.41, 5.74) is 1.97. The Kier molecular flexibility index (Phi) is 6.93. The first-order valence-corrected chi connectivity index (χ1v) is 8.65. The van der Waals surface area contributed by atoms with Crippen molar-refractivity contribution in [2.75, 3.05) is 22.6 Å². The molecule has 0 aliphatic heterocycles. The Morgan fingerprint density at radius 1 is 0.889 bits per heavy atom. The summed E-state index contributed by atoms with van der Waals surface area (Å²) in [6, 6.07) is 13.4. The molecule has 0 radical (unpaired) electrons. The quantitative estimate of drug-likeness (QED) is 0.714. The number of benzene rings is 2. The molecule has 27 heavy (non-hydrogen) atoms. The van der Waals surface area contributed by atoms with Crippen molar-refractivity contribution in [1.82, 2.24) is 0 Å². The number of hydrogen-bond acceptors (Lipinski definition) is 4. The second-order valence-corrected chi connectivity index (χ2v) is 6.07. The van der Waals surface area contributed by atoms with E-state index in [1.54, 1.807) is 69.3 Å². The summed E-state index contributed by atoms with van der Waals surface area (Å²) in [5.74, 6) is -0.636. The molecule has 2 aromatic rings. The third-order valence-electron chi connectivity index (χ3n) is 3.63. The molecule has 0 saturated carbocycles. The molecule has 3 amide bonds. The van der Waals surface area contributed by atoms with Gasteiger partial charge in [0.05, 0.1) is 18.0 Å². The number of carbonyl (C=O) groups is 3. The molecule has 7 heteroatoms. The van der Waals surface area contributed by atoms with Crippen LogP contribution in [0.5, 0.6) is 0 Å². The second-order valence-electron chi connectivity index (χ2n) is 6.07. The predicted octanol–water partition coefficient (Wildman–Crippen LogP) is 4.10. The van der Waals surface area contributed by atoms with Crippen LogP contribution >= 0.6 is 0 Å². The number of hydrogen-bond donors (Lipinski definition) is 3. The van der Waals surface area contributed by atoms with Crippen LogP contribution in [0.15, 0.2) is 48.5 Å². The van der Waals surface area contributed by atoms with Gasteiger partial charge < -0.3 is 15.4 Å². The summed E-state index contributed by atoms with van der Waals surface area (Å²) in [7, 11) is 0. The average Bonchev–Trinajstić information content (AvgIpc) is 2.64. The first-order chi connectivity index (χ1) is 12.9. The fourth-order valence-electron chi connectivity index (χ4n) is 2.16. The van der Waals surface area contributed by atoms with Crippen LogP contribution in [0.2, 0.25) is 0 Å². The maximum absolute atomic E-state index is 12.5. The summed E-state index contributed by atoms with van der Waals surface area (Å²) in [4.78, 5) is 35.8. The summed E-state index contributed by atoms with van der Waals surface area (Å²) >= 11 is 0. The lowest BCUT2D eigenvalue weighted by Crippen LogP contribution is -2.20. The van der Waals surface area contributed by atoms with E-state index in [0.717, 1.165) is 0 Å². The van der Waals surface area contributed by atoms with Gasteiger partial charge in [-0.2, -0.15) is 0 Å². The molecular weight excluding hydrogens is 346 g/mol. The molecule has 0 saturated heterocycles. The zero-order valence-electron chi connectivity index (χ0n) is 15.5. The van der Waals surface area contributed by atoms with E-state index in [-0.39, 0.29) is 24.3 Å². The summed E-state index contributed by atoms with van der Waals surface area (Å²) in [5, 5.41) is 8.14. The molecular formula is C20H23N3O4. The summed E-state index contributed by atoms with van der Waals surface area (Å²) in [6.07, 6.45) is -0.551. The number of carbonyl (C=O) groups excluding carboxylic acids is 3. The van der Waals surface area contributed by atoms with Crippen LogP contribution in [0.4, 0.5) is 21.9 Å². The molecule has 7 nitrogen and oxygen atoms in total. The Morgan fingerprint density at radius 3 is 2.04 bits per heavy atom. The van der Waals surface area contributed by atoms with Crippen LogP contribution in [0.1, 0.15) is 31.1 Å². The van der Waals surface area contributed by atoms with Gasteiger partial charge >= 0.3 is 6.09 Å². The van der Waals surface area contributed by atoms with Crippen molar-refractivity contribution < 1.29 is 19.1 Å². The minimum atomic E-state index is -0.551. The Hall–Kier alpha value is -3.35. The molecule has 142 valence electrons. The molecule has 0 unspecified atom stereocenters. The Bertz CT molecular complexity index is 816. The van der Waals surface area contributed by atoms with Gasteiger partial charge in [-0.15, -0.1) is 0 Å². The third kappa shape index (κ3) is 5.85. The number of para-hydroxylation sites is 2. The monoisotopic (exact) mass is 369 g/mol. The topological polar surface area (TPSA) is 96.5 Å². The number of amides is 3.